The molecular formula is C54H108I2O3. The Morgan fingerprint density at radius 1 is 0.305 bits per heavy atom. The van der Waals surface area contributed by atoms with E-state index in [1.54, 1.807) is 0 Å². The highest BCUT2D eigenvalue weighted by Crippen LogP contribution is 2.30. The highest BCUT2D eigenvalue weighted by atomic mass is 127. The molecule has 0 radical (unpaired) electrons. The number of hydrogen-bond donors (Lipinski definition) is 0. The molecule has 0 fully saturated rings. The normalized spacial score (nSPS) is 18.4. The maximum absolute atomic E-state index is 6.88. The molecule has 0 spiro atoms. The first kappa shape index (κ1) is 60.3. The van der Waals surface area contributed by atoms with Gasteiger partial charge in [0, 0.05) is 21.1 Å². The first-order valence-corrected chi connectivity index (χ1v) is 28.8. The smallest absolute Gasteiger partial charge is 0.160 e. The van der Waals surface area contributed by atoms with Crippen LogP contribution in [0.15, 0.2) is 0 Å². The molecule has 0 saturated carbocycles. The predicted octanol–water partition coefficient (Wildman–Crippen LogP) is 19.4. The molecule has 0 amide bonds. The van der Waals surface area contributed by atoms with Crippen molar-refractivity contribution in [2.45, 2.75) is 283 Å². The average Bonchev–Trinajstić information content (AvgIpc) is 3.12. The molecule has 0 aromatic carbocycles. The lowest BCUT2D eigenvalue weighted by molar-refractivity contribution is -0.250. The van der Waals surface area contributed by atoms with E-state index in [0.717, 1.165) is 94.1 Å². The van der Waals surface area contributed by atoms with E-state index in [0.29, 0.717) is 0 Å². The van der Waals surface area contributed by atoms with E-state index in [4.69, 9.17) is 14.2 Å². The van der Waals surface area contributed by atoms with Gasteiger partial charge in [-0.3, -0.25) is 0 Å². The quantitative estimate of drug-likeness (QED) is 0.0263. The number of halogens is 2. The summed E-state index contributed by atoms with van der Waals surface area (Å²) in [5, 5.41) is 0. The fraction of sp³-hybridized carbons (Fsp3) is 1.00. The van der Waals surface area contributed by atoms with Crippen molar-refractivity contribution in [3.8, 4) is 0 Å². The van der Waals surface area contributed by atoms with Gasteiger partial charge in [0.1, 0.15) is 0 Å². The third-order valence-electron chi connectivity index (χ3n) is 13.0. The van der Waals surface area contributed by atoms with E-state index < -0.39 is 0 Å². The van der Waals surface area contributed by atoms with Crippen molar-refractivity contribution >= 4 is 45.2 Å². The summed E-state index contributed by atoms with van der Waals surface area (Å²) < 4.78 is 21.7. The molecule has 0 rings (SSSR count). The Bertz CT molecular complexity index is 801. The number of unbranched alkanes of at least 4 members (excludes halogenated alkanes) is 12. The largest absolute Gasteiger partial charge is 0.353 e. The van der Waals surface area contributed by atoms with Crippen LogP contribution in [0.4, 0.5) is 0 Å². The van der Waals surface area contributed by atoms with Crippen LogP contribution in [0, 0.1) is 47.3 Å². The predicted molar refractivity (Wildman–Crippen MR) is 281 cm³/mol. The van der Waals surface area contributed by atoms with E-state index in [1.165, 1.54) is 154 Å². The average molecular weight is 1060 g/mol. The molecule has 356 valence electrons. The van der Waals surface area contributed by atoms with E-state index in [-0.39, 0.29) is 12.6 Å². The minimum absolute atomic E-state index is 0.155. The monoisotopic (exact) mass is 1060 g/mol. The first-order chi connectivity index (χ1) is 28.1. The molecule has 0 saturated heterocycles. The van der Waals surface area contributed by atoms with Crippen molar-refractivity contribution in [2.24, 2.45) is 47.3 Å². The van der Waals surface area contributed by atoms with Crippen LogP contribution in [0.1, 0.15) is 263 Å². The second kappa shape index (κ2) is 40.8. The van der Waals surface area contributed by atoms with Gasteiger partial charge in [0.15, 0.2) is 12.6 Å². The lowest BCUT2D eigenvalue weighted by Gasteiger charge is -2.27. The molecule has 0 heterocycles. The molecule has 0 aliphatic carbocycles. The lowest BCUT2D eigenvalue weighted by atomic mass is 9.83. The fourth-order valence-electron chi connectivity index (χ4n) is 10.4. The Labute approximate surface area is 400 Å². The second-order valence-corrected chi connectivity index (χ2v) is 25.4. The Balaban J connectivity index is 5.33. The lowest BCUT2D eigenvalue weighted by Crippen LogP contribution is -2.28. The van der Waals surface area contributed by atoms with Gasteiger partial charge in [-0.25, -0.2) is 0 Å². The van der Waals surface area contributed by atoms with Crippen LogP contribution in [0.2, 0.25) is 0 Å². The van der Waals surface area contributed by atoms with Crippen LogP contribution in [-0.2, 0) is 14.2 Å². The zero-order chi connectivity index (χ0) is 44.3. The highest BCUT2D eigenvalue weighted by Gasteiger charge is 2.21. The van der Waals surface area contributed by atoms with E-state index >= 15 is 0 Å². The number of alkyl halides is 2. The van der Waals surface area contributed by atoms with Gasteiger partial charge in [0.25, 0.3) is 0 Å². The molecule has 12 unspecified atom stereocenters. The molecule has 0 aromatic heterocycles. The van der Waals surface area contributed by atoms with Gasteiger partial charge in [-0.05, 0) is 137 Å². The third kappa shape index (κ3) is 40.6. The summed E-state index contributed by atoms with van der Waals surface area (Å²) in [4.78, 5) is 0. The number of rotatable bonds is 44. The molecule has 0 N–H and O–H groups in total. The Kier molecular flexibility index (Phi) is 41.7. The van der Waals surface area contributed by atoms with Crippen LogP contribution >= 0.6 is 45.2 Å². The molecule has 5 heteroatoms. The van der Waals surface area contributed by atoms with E-state index in [9.17, 15) is 0 Å². The van der Waals surface area contributed by atoms with Crippen molar-refractivity contribution in [1.29, 1.82) is 0 Å². The standard InChI is InChI=1S/C54H108I2O3/c1-13-15-17-19-21-23-25-33-57-53(31-27-29-43(3)35-45(5)37-47(7)39-49(9)41-51(11)55)59-54(58-34-26-24-22-20-18-16-14-2)32-28-30-44(4)36-46(6)38-48(8)40-50(10)42-52(12)56/h43-54H,13-42H2,1-12H3. The van der Waals surface area contributed by atoms with Crippen molar-refractivity contribution in [3.63, 3.8) is 0 Å². The van der Waals surface area contributed by atoms with Crippen molar-refractivity contribution in [3.05, 3.63) is 0 Å². The van der Waals surface area contributed by atoms with Crippen LogP contribution < -0.4 is 0 Å². The van der Waals surface area contributed by atoms with Crippen molar-refractivity contribution in [1.82, 2.24) is 0 Å². The molecular weight excluding hydrogens is 950 g/mol. The molecule has 0 aromatic rings. The van der Waals surface area contributed by atoms with Gasteiger partial charge in [-0.2, -0.15) is 0 Å². The van der Waals surface area contributed by atoms with Gasteiger partial charge in [0.05, 0.1) is 0 Å². The van der Waals surface area contributed by atoms with Crippen molar-refractivity contribution in [2.75, 3.05) is 13.2 Å². The summed E-state index contributed by atoms with van der Waals surface area (Å²) in [5.74, 6) is 6.38. The molecule has 0 bridgehead atoms. The zero-order valence-electron chi connectivity index (χ0n) is 42.1. The topological polar surface area (TPSA) is 27.7 Å². The minimum atomic E-state index is -0.155. The summed E-state index contributed by atoms with van der Waals surface area (Å²) in [6.45, 7) is 30.8. The zero-order valence-corrected chi connectivity index (χ0v) is 46.4. The Hall–Kier alpha value is 1.34. The van der Waals surface area contributed by atoms with Gasteiger partial charge >= 0.3 is 0 Å². The first-order valence-electron chi connectivity index (χ1n) is 26.3. The van der Waals surface area contributed by atoms with Crippen LogP contribution in [0.3, 0.4) is 0 Å². The number of ether oxygens (including phenoxy) is 3. The summed E-state index contributed by atoms with van der Waals surface area (Å²) in [5.41, 5.74) is 0. The second-order valence-electron chi connectivity index (χ2n) is 21.1. The van der Waals surface area contributed by atoms with Gasteiger partial charge in [0.2, 0.25) is 0 Å². The summed E-state index contributed by atoms with van der Waals surface area (Å²) in [6, 6.07) is 0. The Morgan fingerprint density at radius 3 is 0.881 bits per heavy atom. The van der Waals surface area contributed by atoms with Crippen LogP contribution in [0.25, 0.3) is 0 Å². The van der Waals surface area contributed by atoms with Crippen LogP contribution in [0.5, 0.6) is 0 Å². The van der Waals surface area contributed by atoms with E-state index in [2.05, 4.69) is 128 Å². The molecule has 0 aliphatic heterocycles. The van der Waals surface area contributed by atoms with E-state index in [1.807, 2.05) is 0 Å². The summed E-state index contributed by atoms with van der Waals surface area (Å²) in [6.07, 6.45) is 35.7. The summed E-state index contributed by atoms with van der Waals surface area (Å²) >= 11 is 5.18. The van der Waals surface area contributed by atoms with Gasteiger partial charge in [-0.1, -0.05) is 218 Å². The molecule has 0 aliphatic rings. The van der Waals surface area contributed by atoms with Crippen molar-refractivity contribution < 1.29 is 14.2 Å². The number of hydrogen-bond acceptors (Lipinski definition) is 3. The van der Waals surface area contributed by atoms with Gasteiger partial charge < -0.3 is 14.2 Å². The molecule has 59 heavy (non-hydrogen) atoms. The van der Waals surface area contributed by atoms with Gasteiger partial charge in [-0.15, -0.1) is 0 Å². The third-order valence-corrected chi connectivity index (χ3v) is 14.0. The maximum Gasteiger partial charge on any atom is 0.160 e. The SMILES string of the molecule is CCCCCCCCCOC(CCCC(C)CC(C)CC(C)CC(C)CC(C)I)OC(CCCC(C)CC(C)CC(C)CC(C)CC(C)I)OCCCCCCCCC. The summed E-state index contributed by atoms with van der Waals surface area (Å²) in [7, 11) is 0. The minimum Gasteiger partial charge on any atom is -0.353 e. The molecule has 12 atom stereocenters. The molecule has 3 nitrogen and oxygen atoms in total. The van der Waals surface area contributed by atoms with Crippen LogP contribution in [-0.4, -0.2) is 33.6 Å². The fourth-order valence-corrected chi connectivity index (χ4v) is 12.1. The maximum atomic E-state index is 6.88. The highest BCUT2D eigenvalue weighted by molar-refractivity contribution is 14.1. The Morgan fingerprint density at radius 2 is 0.576 bits per heavy atom.